The van der Waals surface area contributed by atoms with Gasteiger partial charge in [0.25, 0.3) is 0 Å². The number of anilines is 2. The van der Waals surface area contributed by atoms with Crippen molar-refractivity contribution in [2.24, 2.45) is 5.73 Å². The zero-order valence-corrected chi connectivity index (χ0v) is 11.7. The number of amides is 2. The first kappa shape index (κ1) is 15.9. The summed E-state index contributed by atoms with van der Waals surface area (Å²) in [7, 11) is -3.33. The van der Waals surface area contributed by atoms with E-state index in [1.54, 1.807) is 0 Å². The summed E-state index contributed by atoms with van der Waals surface area (Å²) in [4.78, 5) is 22.3. The zero-order chi connectivity index (χ0) is 15.2. The highest BCUT2D eigenvalue weighted by atomic mass is 32.2. The Balaban J connectivity index is 2.53. The molecule has 8 nitrogen and oxygen atoms in total. The van der Waals surface area contributed by atoms with Gasteiger partial charge in [-0.25, -0.2) is 8.42 Å². The summed E-state index contributed by atoms with van der Waals surface area (Å²) in [5, 5.41) is 4.87. The topological polar surface area (TPSA) is 130 Å². The van der Waals surface area contributed by atoms with Crippen LogP contribution in [0.2, 0.25) is 0 Å². The number of sulfonamides is 1. The first-order valence-corrected chi connectivity index (χ1v) is 7.54. The Hall–Kier alpha value is -2.13. The van der Waals surface area contributed by atoms with Crippen LogP contribution in [-0.4, -0.2) is 39.6 Å². The maximum atomic E-state index is 11.5. The summed E-state index contributed by atoms with van der Waals surface area (Å²) in [5.41, 5.74) is 5.95. The normalized spacial score (nSPS) is 10.7. The molecule has 20 heavy (non-hydrogen) atoms. The van der Waals surface area contributed by atoms with Crippen molar-refractivity contribution in [3.8, 4) is 0 Å². The van der Waals surface area contributed by atoms with Crippen LogP contribution >= 0.6 is 0 Å². The van der Waals surface area contributed by atoms with Crippen LogP contribution in [0.3, 0.4) is 0 Å². The lowest BCUT2D eigenvalue weighted by atomic mass is 10.3. The van der Waals surface area contributed by atoms with Crippen LogP contribution in [0.4, 0.5) is 11.4 Å². The van der Waals surface area contributed by atoms with Gasteiger partial charge in [0.2, 0.25) is 21.8 Å². The standard InChI is InChI=1S/C11H16N4O4S/c1-20(18,19)15-9-4-2-8(3-5-9)14-11(17)7-13-10(16)6-12/h2-5,15H,6-7,12H2,1H3,(H,13,16)(H,14,17). The van der Waals surface area contributed by atoms with Crippen molar-refractivity contribution in [2.75, 3.05) is 29.4 Å². The molecule has 0 aliphatic rings. The Morgan fingerprint density at radius 2 is 1.65 bits per heavy atom. The van der Waals surface area contributed by atoms with E-state index in [-0.39, 0.29) is 13.1 Å². The number of benzene rings is 1. The predicted octanol–water partition coefficient (Wildman–Crippen LogP) is -0.928. The molecule has 110 valence electrons. The number of hydrogen-bond donors (Lipinski definition) is 4. The summed E-state index contributed by atoms with van der Waals surface area (Å²) in [6, 6.07) is 6.09. The average Bonchev–Trinajstić information content (AvgIpc) is 2.36. The molecular formula is C11H16N4O4S. The van der Waals surface area contributed by atoms with Gasteiger partial charge >= 0.3 is 0 Å². The third-order valence-corrected chi connectivity index (χ3v) is 2.71. The highest BCUT2D eigenvalue weighted by Crippen LogP contribution is 2.14. The Labute approximate surface area is 116 Å². The molecule has 9 heteroatoms. The molecule has 1 aromatic carbocycles. The fraction of sp³-hybridized carbons (Fsp3) is 0.273. The Morgan fingerprint density at radius 1 is 1.10 bits per heavy atom. The van der Waals surface area contributed by atoms with Crippen molar-refractivity contribution < 1.29 is 18.0 Å². The third kappa shape index (κ3) is 6.16. The summed E-state index contributed by atoms with van der Waals surface area (Å²) < 4.78 is 24.3. The van der Waals surface area contributed by atoms with Crippen molar-refractivity contribution in [3.05, 3.63) is 24.3 Å². The van der Waals surface area contributed by atoms with E-state index in [0.717, 1.165) is 6.26 Å². The maximum Gasteiger partial charge on any atom is 0.243 e. The summed E-state index contributed by atoms with van der Waals surface area (Å²) in [6.07, 6.45) is 1.04. The largest absolute Gasteiger partial charge is 0.346 e. The minimum absolute atomic E-state index is 0.181. The SMILES string of the molecule is CS(=O)(=O)Nc1ccc(NC(=O)CNC(=O)CN)cc1. The molecule has 0 saturated heterocycles. The number of carbonyl (C=O) groups excluding carboxylic acids is 2. The highest BCUT2D eigenvalue weighted by molar-refractivity contribution is 7.92. The molecule has 0 aliphatic carbocycles. The summed E-state index contributed by atoms with van der Waals surface area (Å²) in [6.45, 7) is -0.363. The first-order chi connectivity index (χ1) is 9.30. The Kier molecular flexibility index (Phi) is 5.47. The lowest BCUT2D eigenvalue weighted by Crippen LogP contribution is -2.36. The smallest absolute Gasteiger partial charge is 0.243 e. The van der Waals surface area contributed by atoms with Crippen LogP contribution in [0.1, 0.15) is 0 Å². The van der Waals surface area contributed by atoms with Gasteiger partial charge in [0.1, 0.15) is 0 Å². The molecule has 2 amide bonds. The van der Waals surface area contributed by atoms with E-state index in [0.29, 0.717) is 11.4 Å². The van der Waals surface area contributed by atoms with E-state index in [9.17, 15) is 18.0 Å². The zero-order valence-electron chi connectivity index (χ0n) is 10.8. The van der Waals surface area contributed by atoms with E-state index in [4.69, 9.17) is 5.73 Å². The molecule has 1 aromatic rings. The number of nitrogens with two attached hydrogens (primary N) is 1. The number of hydrogen-bond acceptors (Lipinski definition) is 5. The fourth-order valence-corrected chi connectivity index (χ4v) is 1.86. The molecule has 0 atom stereocenters. The number of nitrogens with one attached hydrogen (secondary N) is 3. The second kappa shape index (κ2) is 6.87. The average molecular weight is 300 g/mol. The van der Waals surface area contributed by atoms with Gasteiger partial charge in [-0.1, -0.05) is 0 Å². The lowest BCUT2D eigenvalue weighted by molar-refractivity contribution is -0.123. The molecule has 0 aliphatic heterocycles. The molecule has 0 fully saturated rings. The minimum atomic E-state index is -3.33. The molecule has 0 bridgehead atoms. The number of rotatable bonds is 6. The van der Waals surface area contributed by atoms with Crippen molar-refractivity contribution in [1.29, 1.82) is 0 Å². The van der Waals surface area contributed by atoms with Gasteiger partial charge < -0.3 is 16.4 Å². The van der Waals surface area contributed by atoms with Crippen LogP contribution in [0.5, 0.6) is 0 Å². The van der Waals surface area contributed by atoms with Crippen molar-refractivity contribution in [3.63, 3.8) is 0 Å². The highest BCUT2D eigenvalue weighted by Gasteiger charge is 2.05. The first-order valence-electron chi connectivity index (χ1n) is 5.64. The maximum absolute atomic E-state index is 11.5. The summed E-state index contributed by atoms with van der Waals surface area (Å²) in [5.74, 6) is -0.830. The van der Waals surface area contributed by atoms with Gasteiger partial charge in [-0.15, -0.1) is 0 Å². The number of carbonyl (C=O) groups is 2. The van der Waals surface area contributed by atoms with Crippen LogP contribution in [-0.2, 0) is 19.6 Å². The van der Waals surface area contributed by atoms with Crippen LogP contribution < -0.4 is 21.1 Å². The quantitative estimate of drug-likeness (QED) is 0.539. The Bertz CT molecular complexity index is 583. The van der Waals surface area contributed by atoms with Gasteiger partial charge in [-0.3, -0.25) is 14.3 Å². The fourth-order valence-electron chi connectivity index (χ4n) is 1.29. The minimum Gasteiger partial charge on any atom is -0.346 e. The summed E-state index contributed by atoms with van der Waals surface area (Å²) >= 11 is 0. The molecule has 0 radical (unpaired) electrons. The van der Waals surface area contributed by atoms with Gasteiger partial charge in [0.15, 0.2) is 0 Å². The second-order valence-corrected chi connectivity index (χ2v) is 5.73. The monoisotopic (exact) mass is 300 g/mol. The molecule has 5 N–H and O–H groups in total. The van der Waals surface area contributed by atoms with E-state index < -0.39 is 21.8 Å². The van der Waals surface area contributed by atoms with E-state index >= 15 is 0 Å². The van der Waals surface area contributed by atoms with E-state index in [2.05, 4.69) is 15.4 Å². The molecule has 1 rings (SSSR count). The van der Waals surface area contributed by atoms with Gasteiger partial charge in [0, 0.05) is 11.4 Å². The van der Waals surface area contributed by atoms with Crippen molar-refractivity contribution in [2.45, 2.75) is 0 Å². The second-order valence-electron chi connectivity index (χ2n) is 3.98. The van der Waals surface area contributed by atoms with Crippen LogP contribution in [0.25, 0.3) is 0 Å². The lowest BCUT2D eigenvalue weighted by Gasteiger charge is -2.08. The van der Waals surface area contributed by atoms with Gasteiger partial charge in [-0.2, -0.15) is 0 Å². The van der Waals surface area contributed by atoms with Crippen LogP contribution in [0.15, 0.2) is 24.3 Å². The molecule has 0 spiro atoms. The van der Waals surface area contributed by atoms with Crippen molar-refractivity contribution >= 4 is 33.2 Å². The molecule has 0 aromatic heterocycles. The van der Waals surface area contributed by atoms with Gasteiger partial charge in [0.05, 0.1) is 19.3 Å². The Morgan fingerprint density at radius 3 is 2.15 bits per heavy atom. The molecule has 0 heterocycles. The molecule has 0 saturated carbocycles. The third-order valence-electron chi connectivity index (χ3n) is 2.10. The predicted molar refractivity (Wildman–Crippen MR) is 75.6 cm³/mol. The molecular weight excluding hydrogens is 284 g/mol. The van der Waals surface area contributed by atoms with E-state index in [1.165, 1.54) is 24.3 Å². The van der Waals surface area contributed by atoms with E-state index in [1.807, 2.05) is 0 Å². The van der Waals surface area contributed by atoms with Crippen molar-refractivity contribution in [1.82, 2.24) is 5.32 Å². The molecule has 0 unspecified atom stereocenters. The van der Waals surface area contributed by atoms with Crippen LogP contribution in [0, 0.1) is 0 Å². The van der Waals surface area contributed by atoms with Gasteiger partial charge in [-0.05, 0) is 24.3 Å².